The number of amides is 2. The third-order valence-corrected chi connectivity index (χ3v) is 8.74. The van der Waals surface area contributed by atoms with Crippen molar-refractivity contribution in [2.45, 2.75) is 32.4 Å². The molecular formula is C35H38ClN5O2. The molecule has 0 aliphatic carbocycles. The van der Waals surface area contributed by atoms with Crippen LogP contribution in [0, 0.1) is 0 Å². The van der Waals surface area contributed by atoms with Gasteiger partial charge in [-0.05, 0) is 59.0 Å². The van der Waals surface area contributed by atoms with Crippen molar-refractivity contribution in [3.63, 3.8) is 0 Å². The predicted octanol–water partition coefficient (Wildman–Crippen LogP) is 5.28. The summed E-state index contributed by atoms with van der Waals surface area (Å²) in [5.74, 6) is 0.127. The summed E-state index contributed by atoms with van der Waals surface area (Å²) in [5, 5.41) is 7.15. The summed E-state index contributed by atoms with van der Waals surface area (Å²) >= 11 is 6.12. The molecule has 2 N–H and O–H groups in total. The lowest BCUT2D eigenvalue weighted by Gasteiger charge is -2.37. The van der Waals surface area contributed by atoms with E-state index in [1.807, 2.05) is 59.5 Å². The molecule has 3 heterocycles. The molecule has 0 aromatic heterocycles. The van der Waals surface area contributed by atoms with Crippen LogP contribution in [0.25, 0.3) is 12.2 Å². The molecule has 0 spiro atoms. The van der Waals surface area contributed by atoms with Crippen LogP contribution in [0.15, 0.2) is 84.2 Å². The molecule has 2 amide bonds. The van der Waals surface area contributed by atoms with Crippen molar-refractivity contribution >= 4 is 41.3 Å². The number of para-hydroxylation sites is 1. The van der Waals surface area contributed by atoms with Gasteiger partial charge in [0.2, 0.25) is 5.91 Å². The standard InChI is InChI=1S/C35H38ClN5O2/c36-30-13-11-26(12-14-30)22-31(38-35(43)32-23-27-6-1-2-7-28(27)24-37-32)15-17-39-18-20-40(21-19-39)33-9-4-3-8-29(33)25-41-16-5-10-34(41)42/h1-4,6-9,11-14,22-23,37H,5,10,15-21,24-25H2,(H,38,43)/b31-22-. The number of nitrogens with zero attached hydrogens (tertiary/aromatic N) is 3. The Labute approximate surface area is 258 Å². The highest BCUT2D eigenvalue weighted by atomic mass is 35.5. The lowest BCUT2D eigenvalue weighted by Crippen LogP contribution is -2.47. The highest BCUT2D eigenvalue weighted by Gasteiger charge is 2.24. The fourth-order valence-electron chi connectivity index (χ4n) is 6.04. The molecule has 7 nitrogen and oxygen atoms in total. The lowest BCUT2D eigenvalue weighted by molar-refractivity contribution is -0.128. The highest BCUT2D eigenvalue weighted by molar-refractivity contribution is 6.30. The van der Waals surface area contributed by atoms with Gasteiger partial charge in [0.25, 0.3) is 5.91 Å². The van der Waals surface area contributed by atoms with Gasteiger partial charge >= 0.3 is 0 Å². The number of carbonyl (C=O) groups is 2. The molecule has 2 fully saturated rings. The largest absolute Gasteiger partial charge is 0.376 e. The Morgan fingerprint density at radius 1 is 0.930 bits per heavy atom. The molecule has 0 unspecified atom stereocenters. The van der Waals surface area contributed by atoms with E-state index in [1.54, 1.807) is 0 Å². The molecule has 0 atom stereocenters. The van der Waals surface area contributed by atoms with Crippen molar-refractivity contribution in [2.75, 3.05) is 44.2 Å². The van der Waals surface area contributed by atoms with Gasteiger partial charge in [0.05, 0.1) is 0 Å². The maximum Gasteiger partial charge on any atom is 0.271 e. The first-order chi connectivity index (χ1) is 21.0. The van der Waals surface area contributed by atoms with E-state index in [1.165, 1.54) is 16.8 Å². The summed E-state index contributed by atoms with van der Waals surface area (Å²) in [6.07, 6.45) is 6.29. The van der Waals surface area contributed by atoms with E-state index in [9.17, 15) is 9.59 Å². The zero-order chi connectivity index (χ0) is 29.6. The number of halogens is 1. The van der Waals surface area contributed by atoms with Gasteiger partial charge in [-0.2, -0.15) is 0 Å². The first-order valence-corrected chi connectivity index (χ1v) is 15.5. The molecule has 222 valence electrons. The van der Waals surface area contributed by atoms with Gasteiger partial charge in [-0.25, -0.2) is 0 Å². The summed E-state index contributed by atoms with van der Waals surface area (Å²) in [6, 6.07) is 24.3. The number of hydrogen-bond donors (Lipinski definition) is 2. The summed E-state index contributed by atoms with van der Waals surface area (Å²) < 4.78 is 0. The number of piperazine rings is 1. The van der Waals surface area contributed by atoms with Gasteiger partial charge in [0.15, 0.2) is 0 Å². The van der Waals surface area contributed by atoms with Crippen LogP contribution in [0.1, 0.15) is 41.5 Å². The van der Waals surface area contributed by atoms with Crippen LogP contribution in [-0.2, 0) is 22.7 Å². The second-order valence-corrected chi connectivity index (χ2v) is 11.8. The zero-order valence-electron chi connectivity index (χ0n) is 24.4. The monoisotopic (exact) mass is 595 g/mol. The maximum atomic E-state index is 13.3. The average Bonchev–Trinajstić information content (AvgIpc) is 3.45. The third-order valence-electron chi connectivity index (χ3n) is 8.49. The van der Waals surface area contributed by atoms with Crippen LogP contribution in [0.3, 0.4) is 0 Å². The Morgan fingerprint density at radius 2 is 1.70 bits per heavy atom. The van der Waals surface area contributed by atoms with Gasteiger partial charge in [-0.15, -0.1) is 0 Å². The first-order valence-electron chi connectivity index (χ1n) is 15.2. The number of rotatable bonds is 9. The topological polar surface area (TPSA) is 67.9 Å². The molecule has 2 saturated heterocycles. The Bertz CT molecular complexity index is 1530. The molecule has 3 aliphatic heterocycles. The molecule has 0 saturated carbocycles. The molecule has 3 aromatic rings. The second kappa shape index (κ2) is 13.5. The molecule has 8 heteroatoms. The maximum absolute atomic E-state index is 13.3. The highest BCUT2D eigenvalue weighted by Crippen LogP contribution is 2.26. The Hall–Kier alpha value is -4.07. The molecule has 0 bridgehead atoms. The Morgan fingerprint density at radius 3 is 2.49 bits per heavy atom. The summed E-state index contributed by atoms with van der Waals surface area (Å²) in [4.78, 5) is 32.5. The smallest absolute Gasteiger partial charge is 0.271 e. The van der Waals surface area contributed by atoms with E-state index in [4.69, 9.17) is 11.6 Å². The second-order valence-electron chi connectivity index (χ2n) is 11.4. The minimum Gasteiger partial charge on any atom is -0.376 e. The van der Waals surface area contributed by atoms with E-state index >= 15 is 0 Å². The number of carbonyl (C=O) groups excluding carboxylic acids is 2. The Kier molecular flexibility index (Phi) is 9.10. The van der Waals surface area contributed by atoms with Crippen molar-refractivity contribution in [1.82, 2.24) is 20.4 Å². The third kappa shape index (κ3) is 7.29. The van der Waals surface area contributed by atoms with Crippen molar-refractivity contribution < 1.29 is 9.59 Å². The summed E-state index contributed by atoms with van der Waals surface area (Å²) in [6.45, 7) is 6.72. The van der Waals surface area contributed by atoms with Crippen LogP contribution in [0.2, 0.25) is 5.02 Å². The van der Waals surface area contributed by atoms with Gasteiger partial charge < -0.3 is 20.4 Å². The number of likely N-dealkylation sites (tertiary alicyclic amines) is 1. The van der Waals surface area contributed by atoms with Crippen LogP contribution in [0.5, 0.6) is 0 Å². The number of anilines is 1. The van der Waals surface area contributed by atoms with Crippen LogP contribution >= 0.6 is 11.6 Å². The minimum absolute atomic E-state index is 0.132. The summed E-state index contributed by atoms with van der Waals surface area (Å²) in [7, 11) is 0. The average molecular weight is 596 g/mol. The van der Waals surface area contributed by atoms with Crippen molar-refractivity contribution in [1.29, 1.82) is 0 Å². The normalized spacial score (nSPS) is 17.4. The summed E-state index contributed by atoms with van der Waals surface area (Å²) in [5.41, 5.74) is 7.14. The number of fused-ring (bicyclic) bond motifs is 1. The van der Waals surface area contributed by atoms with Crippen LogP contribution in [0.4, 0.5) is 5.69 Å². The van der Waals surface area contributed by atoms with Gasteiger partial charge in [-0.1, -0.05) is 66.2 Å². The zero-order valence-corrected chi connectivity index (χ0v) is 25.2. The number of nitrogens with one attached hydrogen (secondary N) is 2. The van der Waals surface area contributed by atoms with Crippen LogP contribution < -0.4 is 15.5 Å². The quantitative estimate of drug-likeness (QED) is 0.353. The Balaban J connectivity index is 1.09. The van der Waals surface area contributed by atoms with Gasteiger partial charge in [0.1, 0.15) is 5.70 Å². The van der Waals surface area contributed by atoms with Crippen molar-refractivity contribution in [2.24, 2.45) is 0 Å². The minimum atomic E-state index is -0.132. The molecule has 0 radical (unpaired) electrons. The SMILES string of the molecule is O=C(N/C(=C\c1ccc(Cl)cc1)CCN1CCN(c2ccccc2CN2CCCC2=O)CC1)C1=Cc2ccccc2CN1. The van der Waals surface area contributed by atoms with Crippen molar-refractivity contribution in [3.8, 4) is 0 Å². The van der Waals surface area contributed by atoms with E-state index in [0.29, 0.717) is 36.7 Å². The lowest BCUT2D eigenvalue weighted by atomic mass is 10.0. The van der Waals surface area contributed by atoms with E-state index < -0.39 is 0 Å². The van der Waals surface area contributed by atoms with Crippen LogP contribution in [-0.4, -0.2) is 60.9 Å². The molecule has 3 aliphatic rings. The molecule has 43 heavy (non-hydrogen) atoms. The fourth-order valence-corrected chi connectivity index (χ4v) is 6.17. The molecule has 3 aromatic carbocycles. The van der Waals surface area contributed by atoms with E-state index in [-0.39, 0.29) is 11.8 Å². The number of benzene rings is 3. The molecule has 6 rings (SSSR count). The van der Waals surface area contributed by atoms with E-state index in [0.717, 1.165) is 62.5 Å². The van der Waals surface area contributed by atoms with Gasteiger partial charge in [-0.3, -0.25) is 14.5 Å². The van der Waals surface area contributed by atoms with E-state index in [2.05, 4.69) is 50.8 Å². The fraction of sp³-hybridized carbons (Fsp3) is 0.314. The number of hydrogen-bond acceptors (Lipinski definition) is 5. The first kappa shape index (κ1) is 29.0. The van der Waals surface area contributed by atoms with Gasteiger partial charge in [0, 0.05) is 81.6 Å². The molecular weight excluding hydrogens is 558 g/mol. The predicted molar refractivity (Wildman–Crippen MR) is 173 cm³/mol. The van der Waals surface area contributed by atoms with Crippen molar-refractivity contribution in [3.05, 3.63) is 111 Å².